The highest BCUT2D eigenvalue weighted by Crippen LogP contribution is 2.27. The van der Waals surface area contributed by atoms with Crippen LogP contribution in [-0.2, 0) is 9.59 Å². The fourth-order valence-electron chi connectivity index (χ4n) is 1.78. The third kappa shape index (κ3) is 3.03. The summed E-state index contributed by atoms with van der Waals surface area (Å²) >= 11 is 0. The molecule has 1 aliphatic carbocycles. The highest BCUT2D eigenvalue weighted by Gasteiger charge is 2.19. The second kappa shape index (κ2) is 4.24. The normalized spacial score (nSPS) is 18.0. The highest BCUT2D eigenvalue weighted by atomic mass is 16.4. The molecule has 0 aromatic heterocycles. The Kier molecular flexibility index (Phi) is 3.26. The molecule has 0 radical (unpaired) electrons. The second-order valence-electron chi connectivity index (χ2n) is 3.46. The molecule has 0 aromatic carbocycles. The summed E-state index contributed by atoms with van der Waals surface area (Å²) in [7, 11) is 0. The molecule has 0 saturated heterocycles. The maximum atomic E-state index is 11.0. The van der Waals surface area contributed by atoms with Gasteiger partial charge in [-0.25, -0.2) is 0 Å². The first-order valence-electron chi connectivity index (χ1n) is 4.42. The average Bonchev–Trinajstić information content (AvgIpc) is 2.37. The van der Waals surface area contributed by atoms with Crippen LogP contribution in [-0.4, -0.2) is 16.9 Å². The number of carboxylic acid groups (broad SMARTS) is 1. The van der Waals surface area contributed by atoms with Crippen molar-refractivity contribution in [3.63, 3.8) is 0 Å². The summed E-state index contributed by atoms with van der Waals surface area (Å²) in [5.74, 6) is -0.649. The Labute approximate surface area is 71.8 Å². The van der Waals surface area contributed by atoms with Gasteiger partial charge >= 0.3 is 5.97 Å². The molecule has 68 valence electrons. The van der Waals surface area contributed by atoms with Crippen LogP contribution in [0.4, 0.5) is 0 Å². The van der Waals surface area contributed by atoms with E-state index in [4.69, 9.17) is 5.11 Å². The van der Waals surface area contributed by atoms with E-state index in [1.165, 1.54) is 12.8 Å². The number of hydrogen-bond donors (Lipinski definition) is 1. The standard InChI is InChI=1S/C9H14O3/c10-8(6-9(11)12)5-7-3-1-2-4-7/h7H,1-6H2,(H,11,12). The lowest BCUT2D eigenvalue weighted by Crippen LogP contribution is -2.10. The molecule has 0 aliphatic heterocycles. The monoisotopic (exact) mass is 170 g/mol. The van der Waals surface area contributed by atoms with Gasteiger partial charge in [-0.3, -0.25) is 9.59 Å². The SMILES string of the molecule is O=C(O)CC(=O)CC1CCCC1. The first-order chi connectivity index (χ1) is 5.68. The first-order valence-corrected chi connectivity index (χ1v) is 4.42. The molecule has 0 aromatic rings. The molecule has 0 amide bonds. The summed E-state index contributed by atoms with van der Waals surface area (Å²) in [6.07, 6.45) is 4.79. The lowest BCUT2D eigenvalue weighted by atomic mass is 10.00. The number of hydrogen-bond acceptors (Lipinski definition) is 2. The van der Waals surface area contributed by atoms with Crippen molar-refractivity contribution in [3.05, 3.63) is 0 Å². The van der Waals surface area contributed by atoms with Crippen LogP contribution < -0.4 is 0 Å². The van der Waals surface area contributed by atoms with Crippen molar-refractivity contribution < 1.29 is 14.7 Å². The molecule has 0 unspecified atom stereocenters. The Morgan fingerprint density at radius 1 is 1.25 bits per heavy atom. The van der Waals surface area contributed by atoms with Gasteiger partial charge in [0.25, 0.3) is 0 Å². The topological polar surface area (TPSA) is 54.4 Å². The molecule has 0 spiro atoms. The maximum absolute atomic E-state index is 11.0. The molecule has 1 fully saturated rings. The molecular formula is C9H14O3. The maximum Gasteiger partial charge on any atom is 0.310 e. The van der Waals surface area contributed by atoms with Crippen LogP contribution in [0.2, 0.25) is 0 Å². The van der Waals surface area contributed by atoms with Gasteiger partial charge in [0.15, 0.2) is 0 Å². The van der Waals surface area contributed by atoms with Gasteiger partial charge in [0, 0.05) is 6.42 Å². The zero-order chi connectivity index (χ0) is 8.97. The molecule has 0 heterocycles. The summed E-state index contributed by atoms with van der Waals surface area (Å²) in [6.45, 7) is 0. The summed E-state index contributed by atoms with van der Waals surface area (Å²) < 4.78 is 0. The van der Waals surface area contributed by atoms with Crippen molar-refractivity contribution in [3.8, 4) is 0 Å². The molecule has 0 bridgehead atoms. The van der Waals surface area contributed by atoms with Gasteiger partial charge in [0.2, 0.25) is 0 Å². The van der Waals surface area contributed by atoms with Crippen LogP contribution in [0.25, 0.3) is 0 Å². The average molecular weight is 170 g/mol. The molecule has 1 aliphatic rings. The molecule has 3 nitrogen and oxygen atoms in total. The molecule has 1 rings (SSSR count). The Morgan fingerprint density at radius 2 is 1.83 bits per heavy atom. The smallest absolute Gasteiger partial charge is 0.310 e. The fraction of sp³-hybridized carbons (Fsp3) is 0.778. The number of rotatable bonds is 4. The summed E-state index contributed by atoms with van der Waals surface area (Å²) in [5, 5.41) is 8.34. The number of Topliss-reactive ketones (excluding diaryl/α,β-unsaturated/α-hetero) is 1. The third-order valence-corrected chi connectivity index (χ3v) is 2.34. The van der Waals surface area contributed by atoms with Crippen LogP contribution in [0.5, 0.6) is 0 Å². The van der Waals surface area contributed by atoms with Crippen LogP contribution in [0.15, 0.2) is 0 Å². The minimum absolute atomic E-state index is 0.116. The predicted molar refractivity (Wildman–Crippen MR) is 43.8 cm³/mol. The number of aliphatic carboxylic acids is 1. The lowest BCUT2D eigenvalue weighted by molar-refractivity contribution is -0.140. The molecule has 1 saturated carbocycles. The second-order valence-corrected chi connectivity index (χ2v) is 3.46. The molecule has 12 heavy (non-hydrogen) atoms. The van der Waals surface area contributed by atoms with Crippen molar-refractivity contribution in [2.75, 3.05) is 0 Å². The van der Waals surface area contributed by atoms with Crippen LogP contribution in [0, 0.1) is 5.92 Å². The summed E-state index contributed by atoms with van der Waals surface area (Å²) in [5.41, 5.74) is 0. The van der Waals surface area contributed by atoms with E-state index in [0.29, 0.717) is 12.3 Å². The van der Waals surface area contributed by atoms with Crippen molar-refractivity contribution >= 4 is 11.8 Å². The molecule has 1 N–H and O–H groups in total. The minimum atomic E-state index is -1.00. The summed E-state index contributed by atoms with van der Waals surface area (Å²) in [6, 6.07) is 0. The van der Waals surface area contributed by atoms with Gasteiger partial charge in [-0.1, -0.05) is 25.7 Å². The fourth-order valence-corrected chi connectivity index (χ4v) is 1.78. The van der Waals surface area contributed by atoms with E-state index >= 15 is 0 Å². The number of ketones is 1. The Hall–Kier alpha value is -0.860. The van der Waals surface area contributed by atoms with E-state index in [-0.39, 0.29) is 12.2 Å². The van der Waals surface area contributed by atoms with E-state index in [2.05, 4.69) is 0 Å². The zero-order valence-corrected chi connectivity index (χ0v) is 7.08. The van der Waals surface area contributed by atoms with E-state index in [0.717, 1.165) is 12.8 Å². The van der Waals surface area contributed by atoms with E-state index in [1.807, 2.05) is 0 Å². The minimum Gasteiger partial charge on any atom is -0.481 e. The van der Waals surface area contributed by atoms with Gasteiger partial charge in [0.1, 0.15) is 12.2 Å². The Morgan fingerprint density at radius 3 is 2.33 bits per heavy atom. The third-order valence-electron chi connectivity index (χ3n) is 2.34. The van der Waals surface area contributed by atoms with E-state index < -0.39 is 5.97 Å². The summed E-state index contributed by atoms with van der Waals surface area (Å²) in [4.78, 5) is 21.2. The molecular weight excluding hydrogens is 156 g/mol. The van der Waals surface area contributed by atoms with Gasteiger partial charge in [0.05, 0.1) is 0 Å². The highest BCUT2D eigenvalue weighted by molar-refractivity contribution is 5.94. The van der Waals surface area contributed by atoms with Crippen molar-refractivity contribution in [2.45, 2.75) is 38.5 Å². The van der Waals surface area contributed by atoms with Crippen molar-refractivity contribution in [1.29, 1.82) is 0 Å². The van der Waals surface area contributed by atoms with Crippen LogP contribution in [0.3, 0.4) is 0 Å². The van der Waals surface area contributed by atoms with Crippen molar-refractivity contribution in [1.82, 2.24) is 0 Å². The van der Waals surface area contributed by atoms with E-state index in [1.54, 1.807) is 0 Å². The van der Waals surface area contributed by atoms with Gasteiger partial charge < -0.3 is 5.11 Å². The van der Waals surface area contributed by atoms with Gasteiger partial charge in [-0.05, 0) is 5.92 Å². The van der Waals surface area contributed by atoms with Crippen molar-refractivity contribution in [2.24, 2.45) is 5.92 Å². The van der Waals surface area contributed by atoms with Gasteiger partial charge in [-0.2, -0.15) is 0 Å². The predicted octanol–water partition coefficient (Wildman–Crippen LogP) is 1.61. The Balaban J connectivity index is 2.20. The largest absolute Gasteiger partial charge is 0.481 e. The van der Waals surface area contributed by atoms with E-state index in [9.17, 15) is 9.59 Å². The Bertz CT molecular complexity index is 180. The molecule has 0 atom stereocenters. The van der Waals surface area contributed by atoms with Crippen LogP contribution in [0.1, 0.15) is 38.5 Å². The first kappa shape index (κ1) is 9.23. The zero-order valence-electron chi connectivity index (χ0n) is 7.08. The number of carbonyl (C=O) groups excluding carboxylic acids is 1. The number of carboxylic acids is 1. The quantitative estimate of drug-likeness (QED) is 0.652. The number of carbonyl (C=O) groups is 2. The van der Waals surface area contributed by atoms with Crippen LogP contribution >= 0.6 is 0 Å². The molecule has 3 heteroatoms. The van der Waals surface area contributed by atoms with Gasteiger partial charge in [-0.15, -0.1) is 0 Å². The lowest BCUT2D eigenvalue weighted by Gasteiger charge is -2.05.